The molecule has 38 heavy (non-hydrogen) atoms. The van der Waals surface area contributed by atoms with E-state index in [0.29, 0.717) is 17.4 Å². The Bertz CT molecular complexity index is 981. The van der Waals surface area contributed by atoms with Gasteiger partial charge in [0.05, 0.1) is 6.61 Å². The first-order valence-electron chi connectivity index (χ1n) is 14.8. The number of alkyl halides is 3. The van der Waals surface area contributed by atoms with Crippen molar-refractivity contribution in [3.63, 3.8) is 0 Å². The number of hydrogen-bond acceptors (Lipinski definition) is 1. The third-order valence-electron chi connectivity index (χ3n) is 9.13. The van der Waals surface area contributed by atoms with Gasteiger partial charge in [-0.25, -0.2) is 4.39 Å². The fourth-order valence-electron chi connectivity index (χ4n) is 6.46. The molecule has 1 unspecified atom stereocenters. The zero-order chi connectivity index (χ0) is 27.0. The average Bonchev–Trinajstić information content (AvgIpc) is 2.97. The van der Waals surface area contributed by atoms with Crippen molar-refractivity contribution in [1.82, 2.24) is 0 Å². The zero-order valence-corrected chi connectivity index (χ0v) is 23.2. The molecule has 0 aromatic heterocycles. The molecule has 2 saturated carbocycles. The highest BCUT2D eigenvalue weighted by atomic mass is 19.3. The Kier molecular flexibility index (Phi) is 10.5. The van der Waals surface area contributed by atoms with E-state index in [9.17, 15) is 13.2 Å². The van der Waals surface area contributed by atoms with Gasteiger partial charge in [-0.15, -0.1) is 0 Å². The highest BCUT2D eigenvalue weighted by Crippen LogP contribution is 2.41. The first kappa shape index (κ1) is 28.9. The van der Waals surface area contributed by atoms with Crippen LogP contribution in [0.4, 0.5) is 13.2 Å². The van der Waals surface area contributed by atoms with Crippen molar-refractivity contribution in [1.29, 1.82) is 0 Å². The van der Waals surface area contributed by atoms with Gasteiger partial charge in [0.25, 0.3) is 0 Å². The van der Waals surface area contributed by atoms with Crippen molar-refractivity contribution in [2.75, 3.05) is 0 Å². The molecule has 0 saturated heterocycles. The molecule has 2 aromatic rings. The lowest BCUT2D eigenvalue weighted by molar-refractivity contribution is -0.282. The minimum Gasteiger partial charge on any atom is -0.313 e. The van der Waals surface area contributed by atoms with Gasteiger partial charge in [-0.3, -0.25) is 0 Å². The molecule has 0 radical (unpaired) electrons. The first-order chi connectivity index (χ1) is 18.4. The predicted octanol–water partition coefficient (Wildman–Crippen LogP) is 10.8. The van der Waals surface area contributed by atoms with Gasteiger partial charge in [-0.1, -0.05) is 74.0 Å². The highest BCUT2D eigenvalue weighted by Gasteiger charge is 2.43. The normalized spacial score (nSPS) is 25.5. The van der Waals surface area contributed by atoms with Gasteiger partial charge < -0.3 is 4.74 Å². The van der Waals surface area contributed by atoms with Crippen LogP contribution < -0.4 is 0 Å². The fraction of sp³-hybridized carbons (Fsp3) is 0.588. The molecule has 4 rings (SSSR count). The minimum absolute atomic E-state index is 0.0299. The summed E-state index contributed by atoms with van der Waals surface area (Å²) in [4.78, 5) is 0. The monoisotopic (exact) mass is 526 g/mol. The third-order valence-corrected chi connectivity index (χ3v) is 9.13. The molecular weight excluding hydrogens is 481 g/mol. The van der Waals surface area contributed by atoms with Crippen LogP contribution in [-0.4, -0.2) is 6.11 Å². The number of rotatable bonds is 11. The Morgan fingerprint density at radius 1 is 0.816 bits per heavy atom. The molecule has 0 spiro atoms. The lowest BCUT2D eigenvalue weighted by atomic mass is 9.77. The summed E-state index contributed by atoms with van der Waals surface area (Å²) in [5.41, 5.74) is 3.00. The van der Waals surface area contributed by atoms with Gasteiger partial charge in [0.1, 0.15) is 0 Å². The van der Waals surface area contributed by atoms with Crippen molar-refractivity contribution in [3.05, 3.63) is 82.9 Å². The molecule has 1 nitrogen and oxygen atoms in total. The second-order valence-corrected chi connectivity index (χ2v) is 11.6. The fourth-order valence-corrected chi connectivity index (χ4v) is 6.46. The molecule has 4 heteroatoms. The standard InChI is InChI=1S/C34H45F3O/c1-3-5-6-7-26-10-16-29(17-11-26)30-18-12-27(13-19-30)24-38-34(36,37)33(35)32-22-20-31(21-23-32)28-14-8-25(4-2)9-15-28/h3,5,12-13,18-23,25-26,28-29,33H,4,6-11,14-17,24H2,1-2H3/b5-3+. The van der Waals surface area contributed by atoms with Gasteiger partial charge in [-0.05, 0) is 117 Å². The maximum atomic E-state index is 14.8. The van der Waals surface area contributed by atoms with Crippen LogP contribution in [0.5, 0.6) is 0 Å². The maximum absolute atomic E-state index is 14.8. The van der Waals surface area contributed by atoms with E-state index >= 15 is 0 Å². The summed E-state index contributed by atoms with van der Waals surface area (Å²) in [6.07, 6.45) is 11.1. The quantitative estimate of drug-likeness (QED) is 0.265. The molecule has 0 bridgehead atoms. The Morgan fingerprint density at radius 3 is 1.87 bits per heavy atom. The molecular formula is C34H45F3O. The summed E-state index contributed by atoms with van der Waals surface area (Å²) in [6.45, 7) is 3.99. The summed E-state index contributed by atoms with van der Waals surface area (Å²) in [6, 6.07) is 14.4. The number of ether oxygens (including phenoxy) is 1. The topological polar surface area (TPSA) is 9.23 Å². The van der Waals surface area contributed by atoms with E-state index in [1.54, 1.807) is 0 Å². The van der Waals surface area contributed by atoms with Gasteiger partial charge in [0.2, 0.25) is 6.17 Å². The Labute approximate surface area is 227 Å². The molecule has 0 aliphatic heterocycles. The molecule has 1 atom stereocenters. The molecule has 0 N–H and O–H groups in total. The molecule has 2 fully saturated rings. The predicted molar refractivity (Wildman–Crippen MR) is 150 cm³/mol. The number of benzene rings is 2. The van der Waals surface area contributed by atoms with Crippen LogP contribution in [0.2, 0.25) is 0 Å². The largest absolute Gasteiger partial charge is 0.391 e. The maximum Gasteiger partial charge on any atom is 0.391 e. The van der Waals surface area contributed by atoms with E-state index in [1.807, 2.05) is 36.4 Å². The van der Waals surface area contributed by atoms with Crippen molar-refractivity contribution in [3.8, 4) is 0 Å². The number of hydrogen-bond donors (Lipinski definition) is 0. The summed E-state index contributed by atoms with van der Waals surface area (Å²) in [5.74, 6) is 2.58. The van der Waals surface area contributed by atoms with Crippen molar-refractivity contribution in [2.24, 2.45) is 11.8 Å². The molecule has 2 aromatic carbocycles. The van der Waals surface area contributed by atoms with Crippen LogP contribution in [0.3, 0.4) is 0 Å². The second kappa shape index (κ2) is 13.8. The number of allylic oxidation sites excluding steroid dienone is 2. The van der Waals surface area contributed by atoms with Crippen LogP contribution in [0.15, 0.2) is 60.7 Å². The lowest BCUT2D eigenvalue weighted by Crippen LogP contribution is -2.27. The van der Waals surface area contributed by atoms with E-state index in [0.717, 1.165) is 36.7 Å². The Morgan fingerprint density at radius 2 is 1.34 bits per heavy atom. The van der Waals surface area contributed by atoms with Gasteiger partial charge in [-0.2, -0.15) is 8.78 Å². The van der Waals surface area contributed by atoms with Gasteiger partial charge in [0.15, 0.2) is 0 Å². The van der Waals surface area contributed by atoms with Crippen LogP contribution in [0.1, 0.15) is 125 Å². The van der Waals surface area contributed by atoms with Crippen LogP contribution in [0, 0.1) is 11.8 Å². The first-order valence-corrected chi connectivity index (χ1v) is 14.8. The lowest BCUT2D eigenvalue weighted by Gasteiger charge is -2.29. The van der Waals surface area contributed by atoms with E-state index in [2.05, 4.69) is 26.0 Å². The smallest absolute Gasteiger partial charge is 0.313 e. The Balaban J connectivity index is 1.25. The van der Waals surface area contributed by atoms with Crippen molar-refractivity contribution < 1.29 is 17.9 Å². The third kappa shape index (κ3) is 7.74. The minimum atomic E-state index is -3.88. The average molecular weight is 527 g/mol. The van der Waals surface area contributed by atoms with Crippen LogP contribution in [-0.2, 0) is 11.3 Å². The highest BCUT2D eigenvalue weighted by molar-refractivity contribution is 5.28. The Hall–Kier alpha value is -2.07. The molecule has 2 aliphatic rings. The van der Waals surface area contributed by atoms with Crippen LogP contribution >= 0.6 is 0 Å². The zero-order valence-electron chi connectivity index (χ0n) is 23.2. The molecule has 208 valence electrons. The second-order valence-electron chi connectivity index (χ2n) is 11.6. The van der Waals surface area contributed by atoms with Crippen molar-refractivity contribution in [2.45, 2.75) is 115 Å². The number of halogens is 3. The molecule has 2 aliphatic carbocycles. The molecule has 0 amide bonds. The van der Waals surface area contributed by atoms with E-state index in [1.165, 1.54) is 69.1 Å². The van der Waals surface area contributed by atoms with E-state index in [-0.39, 0.29) is 12.2 Å². The summed E-state index contributed by atoms with van der Waals surface area (Å²) >= 11 is 0. The molecule has 0 heterocycles. The summed E-state index contributed by atoms with van der Waals surface area (Å²) in [7, 11) is 0. The van der Waals surface area contributed by atoms with Gasteiger partial charge in [0, 0.05) is 0 Å². The van der Waals surface area contributed by atoms with E-state index < -0.39 is 12.3 Å². The summed E-state index contributed by atoms with van der Waals surface area (Å²) < 4.78 is 49.0. The van der Waals surface area contributed by atoms with Gasteiger partial charge >= 0.3 is 6.11 Å². The van der Waals surface area contributed by atoms with Crippen LogP contribution in [0.25, 0.3) is 0 Å². The summed E-state index contributed by atoms with van der Waals surface area (Å²) in [5, 5.41) is 0. The van der Waals surface area contributed by atoms with Crippen molar-refractivity contribution >= 4 is 0 Å². The van der Waals surface area contributed by atoms with E-state index in [4.69, 9.17) is 4.74 Å². The SMILES string of the molecule is C/C=C/CCC1CCC(c2ccc(COC(F)(F)C(F)c3ccc(C4CCC(CC)CC4)cc3)cc2)CC1.